The number of aromatic nitrogens is 1. The average molecular weight is 233 g/mol. The Morgan fingerprint density at radius 3 is 2.71 bits per heavy atom. The Morgan fingerprint density at radius 2 is 2.06 bits per heavy atom. The molecular weight excluding hydrogens is 210 g/mol. The summed E-state index contributed by atoms with van der Waals surface area (Å²) in [5, 5.41) is 0. The fraction of sp³-hybridized carbons (Fsp3) is 0.643. The lowest BCUT2D eigenvalue weighted by Crippen LogP contribution is -2.34. The first-order valence-corrected chi connectivity index (χ1v) is 6.61. The predicted molar refractivity (Wildman–Crippen MR) is 71.5 cm³/mol. The minimum Gasteiger partial charge on any atom is -0.384 e. The van der Waals surface area contributed by atoms with Gasteiger partial charge in [-0.05, 0) is 48.8 Å². The highest BCUT2D eigenvalue weighted by molar-refractivity contribution is 5.32. The van der Waals surface area contributed by atoms with E-state index in [1.165, 1.54) is 31.2 Å². The van der Waals surface area contributed by atoms with Gasteiger partial charge in [-0.2, -0.15) is 0 Å². The molecule has 3 nitrogen and oxygen atoms in total. The molecule has 2 rings (SSSR count). The maximum atomic E-state index is 6.31. The monoisotopic (exact) mass is 233 g/mol. The quantitative estimate of drug-likeness (QED) is 0.842. The third kappa shape index (κ3) is 3.43. The van der Waals surface area contributed by atoms with Gasteiger partial charge in [-0.15, -0.1) is 0 Å². The van der Waals surface area contributed by atoms with Crippen molar-refractivity contribution in [3.8, 4) is 0 Å². The molecule has 0 spiro atoms. The van der Waals surface area contributed by atoms with Crippen LogP contribution in [0.5, 0.6) is 0 Å². The topological polar surface area (TPSA) is 64.9 Å². The zero-order valence-electron chi connectivity index (χ0n) is 10.6. The first-order chi connectivity index (χ1) is 8.15. The summed E-state index contributed by atoms with van der Waals surface area (Å²) in [5.41, 5.74) is 13.2. The summed E-state index contributed by atoms with van der Waals surface area (Å²) < 4.78 is 0. The van der Waals surface area contributed by atoms with E-state index in [2.05, 4.69) is 11.9 Å². The molecule has 1 aliphatic rings. The highest BCUT2D eigenvalue weighted by Crippen LogP contribution is 2.30. The summed E-state index contributed by atoms with van der Waals surface area (Å²) >= 11 is 0. The van der Waals surface area contributed by atoms with Crippen LogP contribution in [0.1, 0.15) is 38.2 Å². The van der Waals surface area contributed by atoms with Crippen LogP contribution >= 0.6 is 0 Å². The number of rotatable bonds is 3. The Labute approximate surface area is 104 Å². The summed E-state index contributed by atoms with van der Waals surface area (Å²) in [6.45, 7) is 2.34. The van der Waals surface area contributed by atoms with E-state index in [0.29, 0.717) is 11.7 Å². The van der Waals surface area contributed by atoms with Gasteiger partial charge >= 0.3 is 0 Å². The lowest BCUT2D eigenvalue weighted by Gasteiger charge is -2.30. The number of nitrogen functional groups attached to an aromatic ring is 1. The molecule has 1 heterocycles. The van der Waals surface area contributed by atoms with Crippen LogP contribution in [0.25, 0.3) is 0 Å². The zero-order chi connectivity index (χ0) is 12.3. The molecule has 0 amide bonds. The van der Waals surface area contributed by atoms with Crippen molar-refractivity contribution < 1.29 is 0 Å². The number of nitrogens with two attached hydrogens (primary N) is 2. The van der Waals surface area contributed by atoms with E-state index in [1.807, 2.05) is 12.1 Å². The van der Waals surface area contributed by atoms with Crippen molar-refractivity contribution in [3.05, 3.63) is 23.9 Å². The lowest BCUT2D eigenvalue weighted by molar-refractivity contribution is 0.253. The van der Waals surface area contributed by atoms with Crippen molar-refractivity contribution in [1.29, 1.82) is 0 Å². The Hall–Kier alpha value is -1.09. The molecule has 1 atom stereocenters. The largest absolute Gasteiger partial charge is 0.384 e. The standard InChI is InChI=1S/C14H23N3/c1-10-2-4-12(5-3-10)13(15)8-11-6-7-17-14(16)9-11/h6-7,9-10,12-13H,2-5,8,15H2,1H3,(H2,16,17). The van der Waals surface area contributed by atoms with E-state index in [4.69, 9.17) is 11.5 Å². The summed E-state index contributed by atoms with van der Waals surface area (Å²) in [7, 11) is 0. The number of anilines is 1. The minimum atomic E-state index is 0.268. The van der Waals surface area contributed by atoms with Crippen molar-refractivity contribution in [2.75, 3.05) is 5.73 Å². The molecule has 3 heteroatoms. The van der Waals surface area contributed by atoms with Crippen LogP contribution in [0.15, 0.2) is 18.3 Å². The summed E-state index contributed by atoms with van der Waals surface area (Å²) in [4.78, 5) is 4.01. The van der Waals surface area contributed by atoms with Crippen LogP contribution in [0.4, 0.5) is 5.82 Å². The third-order valence-corrected chi connectivity index (χ3v) is 3.98. The highest BCUT2D eigenvalue weighted by atomic mass is 14.8. The molecule has 1 saturated carbocycles. The Balaban J connectivity index is 1.90. The molecule has 0 aromatic carbocycles. The van der Waals surface area contributed by atoms with Crippen LogP contribution in [0.2, 0.25) is 0 Å². The van der Waals surface area contributed by atoms with Crippen LogP contribution in [-0.4, -0.2) is 11.0 Å². The smallest absolute Gasteiger partial charge is 0.123 e. The third-order valence-electron chi connectivity index (χ3n) is 3.98. The number of nitrogens with zero attached hydrogens (tertiary/aromatic N) is 1. The van der Waals surface area contributed by atoms with Crippen LogP contribution in [0.3, 0.4) is 0 Å². The second kappa shape index (κ2) is 5.50. The van der Waals surface area contributed by atoms with Crippen LogP contribution in [0, 0.1) is 11.8 Å². The molecular formula is C14H23N3. The van der Waals surface area contributed by atoms with Crippen molar-refractivity contribution in [2.45, 2.75) is 45.1 Å². The average Bonchev–Trinajstić information content (AvgIpc) is 2.29. The van der Waals surface area contributed by atoms with Crippen molar-refractivity contribution in [1.82, 2.24) is 4.98 Å². The number of hydrogen-bond donors (Lipinski definition) is 2. The van der Waals surface area contributed by atoms with Gasteiger partial charge in [0.05, 0.1) is 0 Å². The summed E-state index contributed by atoms with van der Waals surface area (Å²) in [5.74, 6) is 2.16. The molecule has 17 heavy (non-hydrogen) atoms. The van der Waals surface area contributed by atoms with Gasteiger partial charge < -0.3 is 11.5 Å². The molecule has 1 aliphatic carbocycles. The second-order valence-corrected chi connectivity index (χ2v) is 5.48. The molecule has 4 N–H and O–H groups in total. The van der Waals surface area contributed by atoms with Gasteiger partial charge in [-0.3, -0.25) is 0 Å². The van der Waals surface area contributed by atoms with Gasteiger partial charge in [0.2, 0.25) is 0 Å². The van der Waals surface area contributed by atoms with Gasteiger partial charge in [0.25, 0.3) is 0 Å². The molecule has 1 aromatic heterocycles. The fourth-order valence-electron chi connectivity index (χ4n) is 2.77. The van der Waals surface area contributed by atoms with Gasteiger partial charge in [0, 0.05) is 12.2 Å². The summed E-state index contributed by atoms with van der Waals surface area (Å²) in [6.07, 6.45) is 7.91. The Bertz CT molecular complexity index is 356. The molecule has 0 aliphatic heterocycles. The Kier molecular flexibility index (Phi) is 4.00. The van der Waals surface area contributed by atoms with Gasteiger partial charge in [0.15, 0.2) is 0 Å². The van der Waals surface area contributed by atoms with Gasteiger partial charge in [-0.1, -0.05) is 19.8 Å². The maximum absolute atomic E-state index is 6.31. The highest BCUT2D eigenvalue weighted by Gasteiger charge is 2.23. The van der Waals surface area contributed by atoms with E-state index >= 15 is 0 Å². The minimum absolute atomic E-state index is 0.268. The lowest BCUT2D eigenvalue weighted by atomic mass is 9.78. The number of pyridine rings is 1. The van der Waals surface area contributed by atoms with Crippen LogP contribution in [-0.2, 0) is 6.42 Å². The zero-order valence-corrected chi connectivity index (χ0v) is 10.6. The normalized spacial score (nSPS) is 26.7. The van der Waals surface area contributed by atoms with E-state index in [0.717, 1.165) is 12.3 Å². The van der Waals surface area contributed by atoms with Crippen molar-refractivity contribution in [3.63, 3.8) is 0 Å². The van der Waals surface area contributed by atoms with E-state index < -0.39 is 0 Å². The predicted octanol–water partition coefficient (Wildman–Crippen LogP) is 2.36. The van der Waals surface area contributed by atoms with Gasteiger partial charge in [0.1, 0.15) is 5.82 Å². The van der Waals surface area contributed by atoms with Gasteiger partial charge in [-0.25, -0.2) is 4.98 Å². The van der Waals surface area contributed by atoms with Crippen molar-refractivity contribution in [2.24, 2.45) is 17.6 Å². The second-order valence-electron chi connectivity index (χ2n) is 5.48. The number of hydrogen-bond acceptors (Lipinski definition) is 3. The molecule has 94 valence electrons. The molecule has 1 unspecified atom stereocenters. The molecule has 0 radical (unpaired) electrons. The maximum Gasteiger partial charge on any atom is 0.123 e. The molecule has 0 saturated heterocycles. The van der Waals surface area contributed by atoms with Crippen molar-refractivity contribution >= 4 is 5.82 Å². The summed E-state index contributed by atoms with van der Waals surface area (Å²) in [6, 6.07) is 4.22. The van der Waals surface area contributed by atoms with E-state index in [1.54, 1.807) is 6.20 Å². The SMILES string of the molecule is CC1CCC(C(N)Cc2ccnc(N)c2)CC1. The van der Waals surface area contributed by atoms with Crippen LogP contribution < -0.4 is 11.5 Å². The Morgan fingerprint density at radius 1 is 1.35 bits per heavy atom. The van der Waals surface area contributed by atoms with E-state index in [-0.39, 0.29) is 6.04 Å². The molecule has 0 bridgehead atoms. The molecule has 1 fully saturated rings. The first kappa shape index (κ1) is 12.4. The van der Waals surface area contributed by atoms with E-state index in [9.17, 15) is 0 Å². The first-order valence-electron chi connectivity index (χ1n) is 6.61. The fourth-order valence-corrected chi connectivity index (χ4v) is 2.77. The molecule has 1 aromatic rings.